The van der Waals surface area contributed by atoms with Crippen molar-refractivity contribution in [3.05, 3.63) is 16.1 Å². The van der Waals surface area contributed by atoms with Gasteiger partial charge in [0.1, 0.15) is 5.01 Å². The number of rotatable bonds is 3. The van der Waals surface area contributed by atoms with Crippen LogP contribution >= 0.6 is 11.3 Å². The minimum atomic E-state index is -0.228. The number of hydrogen-bond acceptors (Lipinski definition) is 3. The Bertz CT molecular complexity index is 253. The molecule has 2 N–H and O–H groups in total. The number of thiazole rings is 1. The Hall–Kier alpha value is -0.410. The van der Waals surface area contributed by atoms with Gasteiger partial charge in [-0.2, -0.15) is 0 Å². The van der Waals surface area contributed by atoms with Crippen LogP contribution in [0.15, 0.2) is 6.20 Å². The van der Waals surface area contributed by atoms with Gasteiger partial charge >= 0.3 is 0 Å². The Kier molecular flexibility index (Phi) is 2.85. The minimum Gasteiger partial charge on any atom is -0.320 e. The molecular formula is C9H16N2S. The second-order valence-corrected chi connectivity index (χ2v) is 4.68. The lowest BCUT2D eigenvalue weighted by Crippen LogP contribution is -2.32. The first kappa shape index (κ1) is 9.68. The van der Waals surface area contributed by atoms with E-state index in [-0.39, 0.29) is 5.54 Å². The molecule has 3 heteroatoms. The number of nitrogens with zero attached hydrogens (tertiary/aromatic N) is 1. The molecule has 2 nitrogen and oxygen atoms in total. The zero-order valence-electron chi connectivity index (χ0n) is 7.92. The highest BCUT2D eigenvalue weighted by molar-refractivity contribution is 7.11. The van der Waals surface area contributed by atoms with Crippen LogP contribution in [-0.4, -0.2) is 4.98 Å². The lowest BCUT2D eigenvalue weighted by molar-refractivity contribution is 0.444. The summed E-state index contributed by atoms with van der Waals surface area (Å²) >= 11 is 1.70. The first-order valence-electron chi connectivity index (χ1n) is 4.28. The SMILES string of the molecule is CCCC(C)(N)c1ncc(C)s1. The summed E-state index contributed by atoms with van der Waals surface area (Å²) in [7, 11) is 0. The molecule has 0 saturated heterocycles. The van der Waals surface area contributed by atoms with Crippen LogP contribution in [0.3, 0.4) is 0 Å². The maximum absolute atomic E-state index is 6.11. The predicted molar refractivity (Wildman–Crippen MR) is 53.3 cm³/mol. The fourth-order valence-electron chi connectivity index (χ4n) is 1.25. The predicted octanol–water partition coefficient (Wildman–Crippen LogP) is 2.43. The molecular weight excluding hydrogens is 168 g/mol. The second kappa shape index (κ2) is 3.54. The number of hydrogen-bond donors (Lipinski definition) is 1. The van der Waals surface area contributed by atoms with Gasteiger partial charge in [0.25, 0.3) is 0 Å². The molecule has 0 amide bonds. The van der Waals surface area contributed by atoms with E-state index in [1.54, 1.807) is 11.3 Å². The van der Waals surface area contributed by atoms with Crippen molar-refractivity contribution in [2.45, 2.75) is 39.2 Å². The van der Waals surface area contributed by atoms with Crippen LogP contribution in [0.2, 0.25) is 0 Å². The van der Waals surface area contributed by atoms with E-state index in [2.05, 4.69) is 25.8 Å². The maximum Gasteiger partial charge on any atom is 0.112 e. The van der Waals surface area contributed by atoms with Gasteiger partial charge in [-0.1, -0.05) is 13.3 Å². The van der Waals surface area contributed by atoms with Gasteiger partial charge < -0.3 is 5.73 Å². The smallest absolute Gasteiger partial charge is 0.112 e. The van der Waals surface area contributed by atoms with Gasteiger partial charge in [-0.25, -0.2) is 4.98 Å². The molecule has 0 spiro atoms. The zero-order chi connectivity index (χ0) is 9.19. The van der Waals surface area contributed by atoms with Crippen LogP contribution in [0.1, 0.15) is 36.6 Å². The quantitative estimate of drug-likeness (QED) is 0.783. The van der Waals surface area contributed by atoms with Gasteiger partial charge in [0.05, 0.1) is 5.54 Å². The van der Waals surface area contributed by atoms with E-state index >= 15 is 0 Å². The molecule has 1 aromatic heterocycles. The van der Waals surface area contributed by atoms with E-state index in [4.69, 9.17) is 5.73 Å². The highest BCUT2D eigenvalue weighted by atomic mass is 32.1. The molecule has 1 heterocycles. The summed E-state index contributed by atoms with van der Waals surface area (Å²) in [6.45, 7) is 6.25. The van der Waals surface area contributed by atoms with E-state index in [1.165, 1.54) is 4.88 Å². The van der Waals surface area contributed by atoms with Crippen molar-refractivity contribution < 1.29 is 0 Å². The van der Waals surface area contributed by atoms with Crippen molar-refractivity contribution in [3.8, 4) is 0 Å². The molecule has 0 aliphatic rings. The fraction of sp³-hybridized carbons (Fsp3) is 0.667. The first-order valence-corrected chi connectivity index (χ1v) is 5.09. The van der Waals surface area contributed by atoms with Gasteiger partial charge in [0.15, 0.2) is 0 Å². The third kappa shape index (κ3) is 2.05. The zero-order valence-corrected chi connectivity index (χ0v) is 8.74. The summed E-state index contributed by atoms with van der Waals surface area (Å²) in [5, 5.41) is 1.06. The highest BCUT2D eigenvalue weighted by Gasteiger charge is 2.22. The molecule has 0 radical (unpaired) electrons. The summed E-state index contributed by atoms with van der Waals surface area (Å²) in [5.41, 5.74) is 5.88. The average Bonchev–Trinajstić information content (AvgIpc) is 2.36. The van der Waals surface area contributed by atoms with Crippen molar-refractivity contribution in [1.82, 2.24) is 4.98 Å². The lowest BCUT2D eigenvalue weighted by atomic mass is 9.99. The van der Waals surface area contributed by atoms with Crippen LogP contribution in [0.5, 0.6) is 0 Å². The van der Waals surface area contributed by atoms with Crippen molar-refractivity contribution in [2.24, 2.45) is 5.73 Å². The Balaban J connectivity index is 2.81. The molecule has 1 unspecified atom stereocenters. The summed E-state index contributed by atoms with van der Waals surface area (Å²) < 4.78 is 0. The topological polar surface area (TPSA) is 38.9 Å². The molecule has 0 fully saturated rings. The van der Waals surface area contributed by atoms with Crippen molar-refractivity contribution in [1.29, 1.82) is 0 Å². The van der Waals surface area contributed by atoms with Crippen LogP contribution in [-0.2, 0) is 5.54 Å². The molecule has 0 saturated carbocycles. The third-order valence-corrected chi connectivity index (χ3v) is 3.07. The van der Waals surface area contributed by atoms with Gasteiger partial charge in [-0.3, -0.25) is 0 Å². The Morgan fingerprint density at radius 1 is 1.67 bits per heavy atom. The largest absolute Gasteiger partial charge is 0.320 e. The van der Waals surface area contributed by atoms with E-state index in [9.17, 15) is 0 Å². The van der Waals surface area contributed by atoms with E-state index in [0.29, 0.717) is 0 Å². The molecule has 0 bridgehead atoms. The Labute approximate surface area is 77.8 Å². The normalized spacial score (nSPS) is 16.0. The second-order valence-electron chi connectivity index (χ2n) is 3.44. The third-order valence-electron chi connectivity index (χ3n) is 1.88. The van der Waals surface area contributed by atoms with Crippen molar-refractivity contribution in [2.75, 3.05) is 0 Å². The molecule has 1 atom stereocenters. The van der Waals surface area contributed by atoms with Crippen molar-refractivity contribution >= 4 is 11.3 Å². The monoisotopic (exact) mass is 184 g/mol. The fourth-order valence-corrected chi connectivity index (χ4v) is 2.10. The number of aryl methyl sites for hydroxylation is 1. The van der Waals surface area contributed by atoms with Crippen LogP contribution in [0.4, 0.5) is 0 Å². The Morgan fingerprint density at radius 3 is 2.75 bits per heavy atom. The molecule has 0 aromatic carbocycles. The van der Waals surface area contributed by atoms with Crippen LogP contribution in [0, 0.1) is 6.92 Å². The van der Waals surface area contributed by atoms with Gasteiger partial charge in [-0.15, -0.1) is 11.3 Å². The average molecular weight is 184 g/mol. The van der Waals surface area contributed by atoms with Gasteiger partial charge in [0.2, 0.25) is 0 Å². The number of aromatic nitrogens is 1. The molecule has 0 aliphatic carbocycles. The first-order chi connectivity index (χ1) is 5.56. The summed E-state index contributed by atoms with van der Waals surface area (Å²) in [5.74, 6) is 0. The van der Waals surface area contributed by atoms with Crippen LogP contribution in [0.25, 0.3) is 0 Å². The molecule has 0 aliphatic heterocycles. The molecule has 1 aromatic rings. The molecule has 1 rings (SSSR count). The highest BCUT2D eigenvalue weighted by Crippen LogP contribution is 2.26. The summed E-state index contributed by atoms with van der Waals surface area (Å²) in [6, 6.07) is 0. The standard InChI is InChI=1S/C9H16N2S/c1-4-5-9(3,10)8-11-6-7(2)12-8/h6H,4-5,10H2,1-3H3. The number of nitrogens with two attached hydrogens (primary N) is 1. The minimum absolute atomic E-state index is 0.228. The summed E-state index contributed by atoms with van der Waals surface area (Å²) in [6.07, 6.45) is 3.99. The van der Waals surface area contributed by atoms with Crippen molar-refractivity contribution in [3.63, 3.8) is 0 Å². The molecule has 12 heavy (non-hydrogen) atoms. The van der Waals surface area contributed by atoms with E-state index < -0.39 is 0 Å². The summed E-state index contributed by atoms with van der Waals surface area (Å²) in [4.78, 5) is 5.53. The van der Waals surface area contributed by atoms with E-state index in [0.717, 1.165) is 17.8 Å². The van der Waals surface area contributed by atoms with Crippen LogP contribution < -0.4 is 5.73 Å². The Morgan fingerprint density at radius 2 is 2.33 bits per heavy atom. The van der Waals surface area contributed by atoms with Gasteiger partial charge in [-0.05, 0) is 20.3 Å². The molecule has 68 valence electrons. The van der Waals surface area contributed by atoms with E-state index in [1.807, 2.05) is 6.20 Å². The maximum atomic E-state index is 6.11. The van der Waals surface area contributed by atoms with Gasteiger partial charge in [0, 0.05) is 11.1 Å². The lowest BCUT2D eigenvalue weighted by Gasteiger charge is -2.20.